The number of aromatic nitrogens is 3. The first-order valence-electron chi connectivity index (χ1n) is 20.1. The molecule has 0 radical (unpaired) electrons. The van der Waals surface area contributed by atoms with E-state index in [2.05, 4.69) is 164 Å². The first kappa shape index (κ1) is 34.3. The molecule has 0 unspecified atom stereocenters. The van der Waals surface area contributed by atoms with Gasteiger partial charge < -0.3 is 4.42 Å². The van der Waals surface area contributed by atoms with Gasteiger partial charge in [0, 0.05) is 58.6 Å². The van der Waals surface area contributed by atoms with Crippen molar-refractivity contribution in [3.8, 4) is 67.4 Å². The van der Waals surface area contributed by atoms with Crippen LogP contribution in [0.3, 0.4) is 0 Å². The van der Waals surface area contributed by atoms with E-state index in [0.717, 1.165) is 83.3 Å². The maximum Gasteiger partial charge on any atom is 0.162 e. The van der Waals surface area contributed by atoms with Crippen LogP contribution in [0.2, 0.25) is 0 Å². The molecule has 280 valence electrons. The van der Waals surface area contributed by atoms with Gasteiger partial charge in [-0.1, -0.05) is 164 Å². The zero-order chi connectivity index (χ0) is 39.6. The summed E-state index contributed by atoms with van der Waals surface area (Å²) in [4.78, 5) is 15.6. The van der Waals surface area contributed by atoms with Crippen LogP contribution in [0.5, 0.6) is 0 Å². The lowest BCUT2D eigenvalue weighted by Crippen LogP contribution is -1.96. The first-order valence-corrected chi connectivity index (χ1v) is 20.9. The minimum absolute atomic E-state index is 0.680. The Kier molecular flexibility index (Phi) is 8.00. The van der Waals surface area contributed by atoms with Gasteiger partial charge in [0.25, 0.3) is 0 Å². The SMILES string of the molecule is c1ccc(-c2ccc3nc(-c4ccc(-c5cc(-c6cccc(-c7cccc8c7sc7ccccc78)c6)nc(-c6ccccc6)n5)cc4)c4oc5ccccc5c4c3c2)cc1. The maximum atomic E-state index is 6.63. The summed E-state index contributed by atoms with van der Waals surface area (Å²) in [6.45, 7) is 0. The Morgan fingerprint density at radius 1 is 0.383 bits per heavy atom. The topological polar surface area (TPSA) is 51.8 Å². The molecule has 0 spiro atoms. The molecule has 5 heteroatoms. The number of benzene rings is 8. The predicted molar refractivity (Wildman–Crippen MR) is 250 cm³/mol. The summed E-state index contributed by atoms with van der Waals surface area (Å²) in [5.74, 6) is 0.680. The summed E-state index contributed by atoms with van der Waals surface area (Å²) in [7, 11) is 0. The molecule has 0 aliphatic carbocycles. The minimum Gasteiger partial charge on any atom is -0.454 e. The molecule has 8 aromatic carbocycles. The predicted octanol–water partition coefficient (Wildman–Crippen LogP) is 15.3. The number of hydrogen-bond donors (Lipinski definition) is 0. The minimum atomic E-state index is 0.680. The molecule has 12 rings (SSSR count). The first-order chi connectivity index (χ1) is 29.7. The van der Waals surface area contributed by atoms with Gasteiger partial charge in [-0.2, -0.15) is 0 Å². The number of hydrogen-bond acceptors (Lipinski definition) is 5. The smallest absolute Gasteiger partial charge is 0.162 e. The molecule has 12 aromatic rings. The van der Waals surface area contributed by atoms with Crippen LogP contribution in [0.4, 0.5) is 0 Å². The molecule has 4 nitrogen and oxygen atoms in total. The Bertz CT molecular complexity index is 3590. The highest BCUT2D eigenvalue weighted by Gasteiger charge is 2.19. The molecule has 4 heterocycles. The third-order valence-corrected chi connectivity index (χ3v) is 12.7. The van der Waals surface area contributed by atoms with Crippen LogP contribution in [0.1, 0.15) is 0 Å². The van der Waals surface area contributed by atoms with Crippen molar-refractivity contribution in [2.75, 3.05) is 0 Å². The Labute approximate surface area is 349 Å². The van der Waals surface area contributed by atoms with Crippen LogP contribution in [0.15, 0.2) is 205 Å². The van der Waals surface area contributed by atoms with Gasteiger partial charge in [-0.15, -0.1) is 11.3 Å². The van der Waals surface area contributed by atoms with Gasteiger partial charge in [-0.3, -0.25) is 0 Å². The van der Waals surface area contributed by atoms with E-state index < -0.39 is 0 Å². The van der Waals surface area contributed by atoms with Crippen LogP contribution in [0.25, 0.3) is 120 Å². The van der Waals surface area contributed by atoms with E-state index >= 15 is 0 Å². The van der Waals surface area contributed by atoms with Crippen LogP contribution in [-0.4, -0.2) is 15.0 Å². The van der Waals surface area contributed by atoms with Crippen LogP contribution in [0, 0.1) is 0 Å². The molecule has 0 atom stereocenters. The number of thiophene rings is 1. The Morgan fingerprint density at radius 2 is 1.02 bits per heavy atom. The lowest BCUT2D eigenvalue weighted by Gasteiger charge is -2.12. The van der Waals surface area contributed by atoms with E-state index in [1.807, 2.05) is 47.7 Å². The average Bonchev–Trinajstić information content (AvgIpc) is 3.91. The molecule has 0 bridgehead atoms. The summed E-state index contributed by atoms with van der Waals surface area (Å²) in [6.07, 6.45) is 0. The molecule has 4 aromatic heterocycles. The molecule has 0 aliphatic rings. The summed E-state index contributed by atoms with van der Waals surface area (Å²) in [6, 6.07) is 70.1. The number of pyridine rings is 1. The van der Waals surface area contributed by atoms with Crippen molar-refractivity contribution in [2.45, 2.75) is 0 Å². The van der Waals surface area contributed by atoms with Crippen molar-refractivity contribution in [3.05, 3.63) is 200 Å². The van der Waals surface area contributed by atoms with Crippen molar-refractivity contribution in [2.24, 2.45) is 0 Å². The molecule has 0 fully saturated rings. The summed E-state index contributed by atoms with van der Waals surface area (Å²) in [5, 5.41) is 5.81. The molecule has 60 heavy (non-hydrogen) atoms. The monoisotopic (exact) mass is 783 g/mol. The molecule has 0 aliphatic heterocycles. The van der Waals surface area contributed by atoms with Crippen molar-refractivity contribution in [3.63, 3.8) is 0 Å². The van der Waals surface area contributed by atoms with Crippen molar-refractivity contribution < 1.29 is 4.42 Å². The lowest BCUT2D eigenvalue weighted by atomic mass is 9.98. The second-order valence-electron chi connectivity index (χ2n) is 15.1. The zero-order valence-corrected chi connectivity index (χ0v) is 33.0. The van der Waals surface area contributed by atoms with Gasteiger partial charge in [0.2, 0.25) is 0 Å². The van der Waals surface area contributed by atoms with Gasteiger partial charge in [0.15, 0.2) is 11.4 Å². The fourth-order valence-electron chi connectivity index (χ4n) is 8.57. The van der Waals surface area contributed by atoms with Gasteiger partial charge in [-0.05, 0) is 58.7 Å². The fraction of sp³-hybridized carbons (Fsp3) is 0. The van der Waals surface area contributed by atoms with Gasteiger partial charge in [0.1, 0.15) is 11.3 Å². The van der Waals surface area contributed by atoms with E-state index in [1.54, 1.807) is 0 Å². The van der Waals surface area contributed by atoms with Crippen LogP contribution < -0.4 is 0 Å². The Balaban J connectivity index is 0.972. The van der Waals surface area contributed by atoms with Crippen LogP contribution >= 0.6 is 11.3 Å². The Morgan fingerprint density at radius 3 is 1.85 bits per heavy atom. The lowest BCUT2D eigenvalue weighted by molar-refractivity contribution is 0.669. The van der Waals surface area contributed by atoms with Crippen molar-refractivity contribution in [1.82, 2.24) is 15.0 Å². The number of nitrogens with zero attached hydrogens (tertiary/aromatic N) is 3. The van der Waals surface area contributed by atoms with Gasteiger partial charge in [0.05, 0.1) is 16.9 Å². The molecule has 0 N–H and O–H groups in total. The molecule has 0 amide bonds. The van der Waals surface area contributed by atoms with E-state index in [0.29, 0.717) is 5.82 Å². The van der Waals surface area contributed by atoms with Crippen molar-refractivity contribution >= 4 is 64.4 Å². The zero-order valence-electron chi connectivity index (χ0n) is 32.2. The van der Waals surface area contributed by atoms with E-state index in [-0.39, 0.29) is 0 Å². The van der Waals surface area contributed by atoms with E-state index in [4.69, 9.17) is 19.4 Å². The normalized spacial score (nSPS) is 11.7. The highest BCUT2D eigenvalue weighted by atomic mass is 32.1. The summed E-state index contributed by atoms with van der Waals surface area (Å²) in [5.41, 5.74) is 13.7. The number of fused-ring (bicyclic) bond motifs is 8. The molecule has 0 saturated heterocycles. The van der Waals surface area contributed by atoms with E-state index in [9.17, 15) is 0 Å². The second-order valence-corrected chi connectivity index (χ2v) is 16.2. The highest BCUT2D eigenvalue weighted by Crippen LogP contribution is 2.43. The largest absolute Gasteiger partial charge is 0.454 e. The van der Waals surface area contributed by atoms with Gasteiger partial charge >= 0.3 is 0 Å². The van der Waals surface area contributed by atoms with E-state index in [1.165, 1.54) is 31.3 Å². The third kappa shape index (κ3) is 5.78. The summed E-state index contributed by atoms with van der Waals surface area (Å²) < 4.78 is 9.22. The number of furan rings is 1. The molecule has 0 saturated carbocycles. The maximum absolute atomic E-state index is 6.63. The number of rotatable bonds is 6. The molecular formula is C55H33N3OS. The molecular weight excluding hydrogens is 751 g/mol. The fourth-order valence-corrected chi connectivity index (χ4v) is 9.81. The quantitative estimate of drug-likeness (QED) is 0.169. The van der Waals surface area contributed by atoms with Crippen molar-refractivity contribution in [1.29, 1.82) is 0 Å². The highest BCUT2D eigenvalue weighted by molar-refractivity contribution is 7.26. The van der Waals surface area contributed by atoms with Crippen LogP contribution in [-0.2, 0) is 0 Å². The second kappa shape index (κ2) is 14.0. The number of para-hydroxylation sites is 1. The average molecular weight is 784 g/mol. The standard InChI is InChI=1S/C55H33N3OS/c1-3-13-34(14-4-1)38-29-30-46-45(32-38)51-44-20-7-9-23-49(44)59-53(51)52(56-46)36-27-25-35(26-28-36)47-33-48(58-55(57-47)37-15-5-2-6-16-37)40-18-11-17-39(31-40)41-21-12-22-43-42-19-8-10-24-50(42)60-54(41)43/h1-33H. The summed E-state index contributed by atoms with van der Waals surface area (Å²) >= 11 is 1.85. The third-order valence-electron chi connectivity index (χ3n) is 11.5. The Hall–Kier alpha value is -7.73. The van der Waals surface area contributed by atoms with Gasteiger partial charge in [-0.25, -0.2) is 15.0 Å².